The summed E-state index contributed by atoms with van der Waals surface area (Å²) in [5.74, 6) is -2.09. The number of nitro groups is 1. The van der Waals surface area contributed by atoms with E-state index in [2.05, 4.69) is 4.98 Å². The van der Waals surface area contributed by atoms with E-state index < -0.39 is 22.7 Å². The summed E-state index contributed by atoms with van der Waals surface area (Å²) in [5.41, 5.74) is -0.181. The van der Waals surface area contributed by atoms with Crippen LogP contribution in [0.15, 0.2) is 24.4 Å². The Labute approximate surface area is 86.3 Å². The van der Waals surface area contributed by atoms with Crippen LogP contribution in [0.5, 0.6) is 0 Å². The Bertz CT molecular complexity index is 561. The molecule has 0 N–H and O–H groups in total. The molecule has 0 atom stereocenters. The normalized spacial score (nSPS) is 11.9. The van der Waals surface area contributed by atoms with Crippen molar-refractivity contribution in [1.29, 1.82) is 0 Å². The molecule has 2 aromatic rings. The van der Waals surface area contributed by atoms with Crippen LogP contribution < -0.4 is 0 Å². The van der Waals surface area contributed by atoms with E-state index in [0.29, 0.717) is 4.40 Å². The van der Waals surface area contributed by atoms with Gasteiger partial charge in [0.1, 0.15) is 5.52 Å². The van der Waals surface area contributed by atoms with Crippen molar-refractivity contribution in [2.75, 3.05) is 0 Å². The Kier molecular flexibility index (Phi) is 2.07. The highest BCUT2D eigenvalue weighted by Gasteiger charge is 2.43. The fourth-order valence-corrected chi connectivity index (χ4v) is 1.36. The van der Waals surface area contributed by atoms with Gasteiger partial charge in [0.15, 0.2) is 0 Å². The van der Waals surface area contributed by atoms with Crippen molar-refractivity contribution in [3.8, 4) is 0 Å². The molecule has 0 radical (unpaired) electrons. The van der Waals surface area contributed by atoms with Crippen molar-refractivity contribution in [3.05, 3.63) is 40.3 Å². The van der Waals surface area contributed by atoms with Crippen molar-refractivity contribution in [2.45, 2.75) is 6.18 Å². The molecule has 0 aliphatic rings. The summed E-state index contributed by atoms with van der Waals surface area (Å²) in [6.45, 7) is 0. The lowest BCUT2D eigenvalue weighted by molar-refractivity contribution is -0.387. The van der Waals surface area contributed by atoms with Gasteiger partial charge >= 0.3 is 17.8 Å². The van der Waals surface area contributed by atoms with Crippen LogP contribution in [-0.2, 0) is 6.18 Å². The molecule has 16 heavy (non-hydrogen) atoms. The van der Waals surface area contributed by atoms with E-state index in [1.807, 2.05) is 0 Å². The molecule has 0 amide bonds. The third-order valence-electron chi connectivity index (χ3n) is 1.96. The van der Waals surface area contributed by atoms with E-state index in [9.17, 15) is 23.3 Å². The van der Waals surface area contributed by atoms with Gasteiger partial charge in [-0.05, 0) is 22.0 Å². The summed E-state index contributed by atoms with van der Waals surface area (Å²) >= 11 is 0. The second-order valence-electron chi connectivity index (χ2n) is 2.97. The highest BCUT2D eigenvalue weighted by atomic mass is 19.4. The Hall–Kier alpha value is -2.12. The van der Waals surface area contributed by atoms with E-state index in [1.165, 1.54) is 18.2 Å². The van der Waals surface area contributed by atoms with E-state index in [0.717, 1.165) is 6.20 Å². The van der Waals surface area contributed by atoms with E-state index >= 15 is 0 Å². The van der Waals surface area contributed by atoms with E-state index in [4.69, 9.17) is 0 Å². The van der Waals surface area contributed by atoms with Crippen LogP contribution in [0.25, 0.3) is 5.52 Å². The number of halogens is 3. The molecule has 84 valence electrons. The van der Waals surface area contributed by atoms with E-state index in [1.54, 1.807) is 0 Å². The number of nitrogens with zero attached hydrogens (tertiary/aromatic N) is 3. The zero-order valence-electron chi connectivity index (χ0n) is 7.60. The maximum atomic E-state index is 12.5. The molecule has 0 unspecified atom stereocenters. The van der Waals surface area contributed by atoms with Crippen LogP contribution in [0, 0.1) is 10.1 Å². The SMILES string of the molecule is O=[N+]([O-])c1nc(C(F)(F)F)n2ccccc12. The van der Waals surface area contributed by atoms with Gasteiger partial charge in [-0.1, -0.05) is 6.07 Å². The maximum Gasteiger partial charge on any atom is 0.476 e. The lowest BCUT2D eigenvalue weighted by Gasteiger charge is -1.99. The molecule has 0 saturated heterocycles. The molecule has 2 aromatic heterocycles. The zero-order chi connectivity index (χ0) is 11.9. The molecule has 5 nitrogen and oxygen atoms in total. The first kappa shape index (κ1) is 10.4. The van der Waals surface area contributed by atoms with Crippen molar-refractivity contribution in [3.63, 3.8) is 0 Å². The molecular formula is C8H4F3N3O2. The number of alkyl halides is 3. The summed E-state index contributed by atoms with van der Waals surface area (Å²) < 4.78 is 38.1. The van der Waals surface area contributed by atoms with Crippen molar-refractivity contribution in [1.82, 2.24) is 9.38 Å². The van der Waals surface area contributed by atoms with Crippen molar-refractivity contribution < 1.29 is 18.1 Å². The van der Waals surface area contributed by atoms with Gasteiger partial charge < -0.3 is 10.1 Å². The van der Waals surface area contributed by atoms with E-state index in [-0.39, 0.29) is 5.52 Å². The van der Waals surface area contributed by atoms with Crippen molar-refractivity contribution >= 4 is 11.3 Å². The van der Waals surface area contributed by atoms with Gasteiger partial charge in [-0.15, -0.1) is 0 Å². The number of imidazole rings is 1. The third kappa shape index (κ3) is 1.47. The van der Waals surface area contributed by atoms with Crippen LogP contribution in [0.3, 0.4) is 0 Å². The molecule has 8 heteroatoms. The Morgan fingerprint density at radius 2 is 2.06 bits per heavy atom. The highest BCUT2D eigenvalue weighted by Crippen LogP contribution is 2.32. The summed E-state index contributed by atoms with van der Waals surface area (Å²) in [6, 6.07) is 3.96. The molecule has 0 saturated carbocycles. The molecule has 0 aromatic carbocycles. The maximum absolute atomic E-state index is 12.5. The Morgan fingerprint density at radius 3 is 2.62 bits per heavy atom. The lowest BCUT2D eigenvalue weighted by atomic mass is 10.4. The fraction of sp³-hybridized carbons (Fsp3) is 0.125. The fourth-order valence-electron chi connectivity index (χ4n) is 1.36. The predicted molar refractivity (Wildman–Crippen MR) is 46.8 cm³/mol. The minimum Gasteiger partial charge on any atom is -0.358 e. The highest BCUT2D eigenvalue weighted by molar-refractivity contribution is 5.62. The van der Waals surface area contributed by atoms with Crippen LogP contribution in [0.2, 0.25) is 0 Å². The quantitative estimate of drug-likeness (QED) is 0.558. The summed E-state index contributed by atoms with van der Waals surface area (Å²) in [5, 5.41) is 10.5. The largest absolute Gasteiger partial charge is 0.476 e. The van der Waals surface area contributed by atoms with Crippen LogP contribution in [0.4, 0.5) is 19.0 Å². The van der Waals surface area contributed by atoms with Gasteiger partial charge in [-0.3, -0.25) is 4.40 Å². The smallest absolute Gasteiger partial charge is 0.358 e. The molecule has 0 fully saturated rings. The van der Waals surface area contributed by atoms with Gasteiger partial charge in [0.25, 0.3) is 0 Å². The Morgan fingerprint density at radius 1 is 1.38 bits per heavy atom. The molecule has 0 aliphatic carbocycles. The van der Waals surface area contributed by atoms with Gasteiger partial charge in [0, 0.05) is 6.20 Å². The Balaban J connectivity index is 2.82. The van der Waals surface area contributed by atoms with Crippen LogP contribution >= 0.6 is 0 Å². The molecule has 0 aliphatic heterocycles. The summed E-state index contributed by atoms with van der Waals surface area (Å²) in [7, 11) is 0. The predicted octanol–water partition coefficient (Wildman–Crippen LogP) is 2.26. The minimum absolute atomic E-state index is 0.181. The molecular weight excluding hydrogens is 227 g/mol. The number of hydrogen-bond donors (Lipinski definition) is 0. The number of aromatic nitrogens is 2. The number of fused-ring (bicyclic) bond motifs is 1. The van der Waals surface area contributed by atoms with Gasteiger partial charge in [-0.25, -0.2) is 0 Å². The van der Waals surface area contributed by atoms with Gasteiger partial charge in [-0.2, -0.15) is 13.2 Å². The lowest BCUT2D eigenvalue weighted by Crippen LogP contribution is -2.10. The standard InChI is InChI=1S/C8H4F3N3O2/c9-8(10,11)7-12-6(14(15)16)5-3-1-2-4-13(5)7/h1-4H. The molecule has 0 spiro atoms. The third-order valence-corrected chi connectivity index (χ3v) is 1.96. The average Bonchev–Trinajstić information content (AvgIpc) is 2.56. The number of pyridine rings is 1. The first-order chi connectivity index (χ1) is 7.41. The first-order valence-electron chi connectivity index (χ1n) is 4.10. The molecule has 2 rings (SSSR count). The summed E-state index contributed by atoms with van der Waals surface area (Å²) in [4.78, 5) is 12.6. The number of rotatable bonds is 1. The molecule has 0 bridgehead atoms. The van der Waals surface area contributed by atoms with Gasteiger partial charge in [0.05, 0.1) is 0 Å². The second-order valence-corrected chi connectivity index (χ2v) is 2.97. The van der Waals surface area contributed by atoms with Crippen LogP contribution in [-0.4, -0.2) is 14.3 Å². The molecule has 2 heterocycles. The minimum atomic E-state index is -4.72. The topological polar surface area (TPSA) is 60.4 Å². The average molecular weight is 231 g/mol. The first-order valence-corrected chi connectivity index (χ1v) is 4.10. The monoisotopic (exact) mass is 231 g/mol. The number of hydrogen-bond acceptors (Lipinski definition) is 3. The zero-order valence-corrected chi connectivity index (χ0v) is 7.60. The van der Waals surface area contributed by atoms with Gasteiger partial charge in [0.2, 0.25) is 0 Å². The van der Waals surface area contributed by atoms with Crippen LogP contribution in [0.1, 0.15) is 5.82 Å². The summed E-state index contributed by atoms with van der Waals surface area (Å²) in [6.07, 6.45) is -3.64. The second kappa shape index (κ2) is 3.19. The van der Waals surface area contributed by atoms with Crippen molar-refractivity contribution in [2.24, 2.45) is 0 Å².